The van der Waals surface area contributed by atoms with E-state index in [1.54, 1.807) is 41.5 Å². The van der Waals surface area contributed by atoms with Crippen LogP contribution in [-0.4, -0.2) is 255 Å². The number of amides is 12. The van der Waals surface area contributed by atoms with Gasteiger partial charge in [-0.15, -0.1) is 0 Å². The van der Waals surface area contributed by atoms with Crippen molar-refractivity contribution in [3.05, 3.63) is 60.8 Å². The smallest absolute Gasteiger partial charge is 0.407 e. The lowest BCUT2D eigenvalue weighted by Crippen LogP contribution is -2.48. The summed E-state index contributed by atoms with van der Waals surface area (Å²) in [4.78, 5) is 171. The molecule has 0 aliphatic carbocycles. The zero-order valence-electron chi connectivity index (χ0n) is 49.1. The van der Waals surface area contributed by atoms with Gasteiger partial charge in [-0.3, -0.25) is 67.5 Å². The number of carbonyl (C=O) groups is 14. The molecule has 31 nitrogen and oxygen atoms in total. The van der Waals surface area contributed by atoms with Crippen LogP contribution in [0.3, 0.4) is 0 Å². The molecule has 5 aliphatic heterocycles. The second-order valence-corrected chi connectivity index (χ2v) is 20.4. The highest BCUT2D eigenvalue weighted by atomic mass is 16.6. The van der Waals surface area contributed by atoms with Crippen LogP contribution in [0.5, 0.6) is 0 Å². The highest BCUT2D eigenvalue weighted by Gasteiger charge is 2.29. The summed E-state index contributed by atoms with van der Waals surface area (Å²) in [5, 5.41) is 17.5. The summed E-state index contributed by atoms with van der Waals surface area (Å²) >= 11 is 0. The zero-order valence-corrected chi connectivity index (χ0v) is 49.1. The van der Waals surface area contributed by atoms with Gasteiger partial charge >= 0.3 is 24.1 Å². The van der Waals surface area contributed by atoms with E-state index in [1.165, 1.54) is 43.9 Å². The number of esters is 2. The lowest BCUT2D eigenvalue weighted by molar-refractivity contribution is -0.150. The number of nitrogens with one attached hydrogen (secondary N) is 6. The number of alkyl carbamates (subject to hydrolysis) is 2. The van der Waals surface area contributed by atoms with Gasteiger partial charge in [-0.05, 0) is 41.5 Å². The Morgan fingerprint density at radius 1 is 0.400 bits per heavy atom. The van der Waals surface area contributed by atoms with Crippen LogP contribution in [0.15, 0.2) is 60.8 Å². The predicted octanol–water partition coefficient (Wildman–Crippen LogP) is -3.95. The van der Waals surface area contributed by atoms with Crippen molar-refractivity contribution in [1.82, 2.24) is 61.3 Å². The van der Waals surface area contributed by atoms with Gasteiger partial charge in [0.25, 0.3) is 47.3 Å². The molecule has 31 heteroatoms. The molecule has 0 aromatic carbocycles. The normalized spacial score (nSPS) is 15.1. The van der Waals surface area contributed by atoms with Crippen molar-refractivity contribution in [1.29, 1.82) is 0 Å². The fourth-order valence-corrected chi connectivity index (χ4v) is 7.24. The molecule has 0 aromatic rings. The largest absolute Gasteiger partial charge is 0.444 e. The molecule has 0 atom stereocenters. The average molecular weight is 1200 g/mol. The molecule has 0 bridgehead atoms. The Kier molecular flexibility index (Phi) is 32.9. The molecular formula is C54H82N14O17. The van der Waals surface area contributed by atoms with Gasteiger partial charge in [-0.25, -0.2) is 19.2 Å². The van der Waals surface area contributed by atoms with Crippen LogP contribution >= 0.6 is 0 Å². The molecule has 85 heavy (non-hydrogen) atoms. The van der Waals surface area contributed by atoms with Crippen LogP contribution in [-0.2, 0) is 71.7 Å². The number of cyclic esters (lactones) is 2. The fraction of sp³-hybridized carbons (Fsp3) is 0.556. The zero-order chi connectivity index (χ0) is 63.5. The summed E-state index contributed by atoms with van der Waals surface area (Å²) < 4.78 is 14.3. The lowest BCUT2D eigenvalue weighted by Gasteiger charge is -2.30. The van der Waals surface area contributed by atoms with Gasteiger partial charge < -0.3 is 67.4 Å². The first kappa shape index (κ1) is 72.7. The first-order chi connectivity index (χ1) is 40.2. The quantitative estimate of drug-likeness (QED) is 0.0108. The number of imide groups is 4. The van der Waals surface area contributed by atoms with E-state index in [9.17, 15) is 67.1 Å². The number of hydrogen-bond donors (Lipinski definition) is 8. The summed E-state index contributed by atoms with van der Waals surface area (Å²) in [6.07, 6.45) is 10.0. The van der Waals surface area contributed by atoms with Crippen LogP contribution in [0.1, 0.15) is 54.4 Å². The molecule has 0 fully saturated rings. The fourth-order valence-electron chi connectivity index (χ4n) is 7.24. The Labute approximate surface area is 493 Å². The van der Waals surface area contributed by atoms with Crippen molar-refractivity contribution in [2.45, 2.75) is 65.6 Å². The van der Waals surface area contributed by atoms with Crippen LogP contribution in [0.4, 0.5) is 9.59 Å². The molecule has 0 radical (unpaired) electrons. The van der Waals surface area contributed by atoms with Gasteiger partial charge in [0, 0.05) is 204 Å². The molecule has 5 rings (SSSR count). The molecule has 0 saturated heterocycles. The van der Waals surface area contributed by atoms with Crippen molar-refractivity contribution in [3.63, 3.8) is 0 Å². The maximum Gasteiger partial charge on any atom is 0.407 e. The summed E-state index contributed by atoms with van der Waals surface area (Å²) in [5.74, 6) is -5.23. The maximum atomic E-state index is 13.2. The first-order valence-corrected chi connectivity index (χ1v) is 27.5. The van der Waals surface area contributed by atoms with Crippen LogP contribution in [0.25, 0.3) is 0 Å². The monoisotopic (exact) mass is 1200 g/mol. The second-order valence-electron chi connectivity index (χ2n) is 20.4. The molecule has 5 heterocycles. The highest BCUT2D eigenvalue weighted by Crippen LogP contribution is 2.11. The minimum atomic E-state index is -0.734. The van der Waals surface area contributed by atoms with Crippen LogP contribution in [0.2, 0.25) is 0 Å². The molecule has 0 unspecified atom stereocenters. The molecule has 5 aliphatic rings. The van der Waals surface area contributed by atoms with E-state index < -0.39 is 70.8 Å². The van der Waals surface area contributed by atoms with Gasteiger partial charge in [0.2, 0.25) is 11.8 Å². The summed E-state index contributed by atoms with van der Waals surface area (Å²) in [7, 11) is 0. The Morgan fingerprint density at radius 3 is 0.918 bits per heavy atom. The molecular weight excluding hydrogens is 1120 g/mol. The van der Waals surface area contributed by atoms with E-state index >= 15 is 0 Å². The molecule has 12 amide bonds. The van der Waals surface area contributed by atoms with Crippen molar-refractivity contribution in [3.8, 4) is 0 Å². The molecule has 10 N–H and O–H groups in total. The Morgan fingerprint density at radius 2 is 0.671 bits per heavy atom. The summed E-state index contributed by atoms with van der Waals surface area (Å²) in [5.41, 5.74) is 9.06. The summed E-state index contributed by atoms with van der Waals surface area (Å²) in [6, 6.07) is 0. The minimum absolute atomic E-state index is 0.0414. The van der Waals surface area contributed by atoms with Crippen molar-refractivity contribution >= 4 is 83.2 Å². The van der Waals surface area contributed by atoms with Gasteiger partial charge in [0.05, 0.1) is 0 Å². The Balaban J connectivity index is 0.000000510. The Bertz CT molecular complexity index is 2300. The van der Waals surface area contributed by atoms with Crippen LogP contribution in [0, 0.1) is 0 Å². The minimum Gasteiger partial charge on any atom is -0.444 e. The van der Waals surface area contributed by atoms with E-state index in [-0.39, 0.29) is 88.8 Å². The van der Waals surface area contributed by atoms with Gasteiger partial charge in [0.1, 0.15) is 11.2 Å². The van der Waals surface area contributed by atoms with E-state index in [4.69, 9.17) is 20.9 Å². The molecule has 0 saturated carbocycles. The van der Waals surface area contributed by atoms with E-state index in [1.807, 2.05) is 0 Å². The number of hydrogen-bond acceptors (Lipinski definition) is 23. The van der Waals surface area contributed by atoms with E-state index in [2.05, 4.69) is 36.6 Å². The van der Waals surface area contributed by atoms with E-state index in [0.29, 0.717) is 52.4 Å². The molecule has 470 valence electrons. The number of carbonyl (C=O) groups excluding carboxylic acids is 14. The lowest BCUT2D eigenvalue weighted by atomic mass is 10.2. The van der Waals surface area contributed by atoms with Gasteiger partial charge in [0.15, 0.2) is 0 Å². The SMILES string of the molecule is CC(C)(C)OC(=O)NCCC(=O)N(CCN(CCN1C(=O)C=CC1=O)C(=O)CCNC(=O)OC(C)(C)C)CCN1C(=O)C=CC1=O.NCCNCCNCCN.O=C1C=CC(=O)N1CCNCCNCCN1C(=O)C=CC1=O.O=C1C=CC(=O)O1. The highest BCUT2D eigenvalue weighted by molar-refractivity contribution is 6.14. The van der Waals surface area contributed by atoms with Gasteiger partial charge in [-0.2, -0.15) is 0 Å². The third kappa shape index (κ3) is 30.7. The third-order valence-corrected chi connectivity index (χ3v) is 11.3. The first-order valence-electron chi connectivity index (χ1n) is 27.5. The molecule has 0 spiro atoms. The summed E-state index contributed by atoms with van der Waals surface area (Å²) in [6.45, 7) is 17.8. The topological polar surface area (TPSA) is 410 Å². The molecule has 0 aromatic heterocycles. The maximum absolute atomic E-state index is 13.2. The van der Waals surface area contributed by atoms with E-state index in [0.717, 1.165) is 72.4 Å². The number of ether oxygens (including phenoxy) is 3. The van der Waals surface area contributed by atoms with Crippen molar-refractivity contribution < 1.29 is 81.3 Å². The van der Waals surface area contributed by atoms with Crippen molar-refractivity contribution in [2.75, 3.05) is 131 Å². The standard InChI is InChI=1S/C30H44N6O10.C14H18N4O4.C6H18N4.C4H2O3/c1-29(2,3)45-27(43)31-13-11-21(37)33(17-19-35-23(39)7-8-24(35)40)15-16-34(18-20-36-25(41)9-10-26(36)42)22(38)12-14-32-28(44)46-30(4,5)6;19-11-1-2-12(20)17(11)9-7-15-5-6-16-8-10-18-13(21)3-4-14(18)22;7-1-3-9-5-6-10-4-2-8;5-3-1-2-4(6)7-3/h7-10H,11-20H2,1-6H3,(H,31,43)(H,32,44);1-4,15-16H,5-10H2;9-10H,1-8H2;1-2H. The predicted molar refractivity (Wildman–Crippen MR) is 304 cm³/mol. The third-order valence-electron chi connectivity index (χ3n) is 11.3. The number of rotatable bonds is 31. The van der Waals surface area contributed by atoms with Crippen LogP contribution < -0.4 is 43.4 Å². The second kappa shape index (κ2) is 38.5. The number of nitrogens with zero attached hydrogens (tertiary/aromatic N) is 6. The number of nitrogens with two attached hydrogens (primary N) is 2. The van der Waals surface area contributed by atoms with Gasteiger partial charge in [-0.1, -0.05) is 0 Å². The Hall–Kier alpha value is -8.36. The van der Waals surface area contributed by atoms with Crippen molar-refractivity contribution in [2.24, 2.45) is 11.5 Å². The average Bonchev–Trinajstić information content (AvgIpc) is 4.45.